The van der Waals surface area contributed by atoms with Crippen molar-refractivity contribution in [2.45, 2.75) is 13.8 Å². The zero-order chi connectivity index (χ0) is 15.3. The van der Waals surface area contributed by atoms with Gasteiger partial charge in [0.25, 0.3) is 6.01 Å². The lowest BCUT2D eigenvalue weighted by atomic mass is 10.0. The van der Waals surface area contributed by atoms with Crippen LogP contribution >= 0.6 is 0 Å². The number of hydrogen-bond donors (Lipinski definition) is 0. The van der Waals surface area contributed by atoms with Gasteiger partial charge < -0.3 is 4.42 Å². The van der Waals surface area contributed by atoms with E-state index in [2.05, 4.69) is 6.07 Å². The fourth-order valence-electron chi connectivity index (χ4n) is 3.01. The Morgan fingerprint density at radius 2 is 1.64 bits per heavy atom. The van der Waals surface area contributed by atoms with Crippen molar-refractivity contribution in [3.8, 4) is 11.3 Å². The van der Waals surface area contributed by atoms with Gasteiger partial charge in [-0.1, -0.05) is 35.4 Å². The molecule has 3 heteroatoms. The second kappa shape index (κ2) is 4.67. The lowest BCUT2D eigenvalue weighted by Gasteiger charge is -2.07. The molecule has 0 spiro atoms. The van der Waals surface area contributed by atoms with Crippen molar-refractivity contribution < 1.29 is 8.81 Å². The van der Waals surface area contributed by atoms with Gasteiger partial charge in [0.1, 0.15) is 5.69 Å². The second-order valence-electron chi connectivity index (χ2n) is 5.65. The summed E-state index contributed by atoms with van der Waals surface area (Å²) in [6, 6.07) is 14.8. The molecular formula is C19H14FNO. The van der Waals surface area contributed by atoms with Gasteiger partial charge in [-0.3, -0.25) is 0 Å². The Balaban J connectivity index is 2.15. The number of aryl methyl sites for hydroxylation is 2. The Hall–Kier alpha value is -2.68. The van der Waals surface area contributed by atoms with Crippen LogP contribution in [0.25, 0.3) is 33.1 Å². The third-order valence-electron chi connectivity index (χ3n) is 3.84. The number of aromatic nitrogens is 1. The third kappa shape index (κ3) is 1.98. The first-order valence-electron chi connectivity index (χ1n) is 7.18. The fourth-order valence-corrected chi connectivity index (χ4v) is 3.01. The lowest BCUT2D eigenvalue weighted by Crippen LogP contribution is -1.89. The molecule has 4 aromatic rings. The van der Waals surface area contributed by atoms with E-state index in [-0.39, 0.29) is 0 Å². The van der Waals surface area contributed by atoms with Crippen molar-refractivity contribution in [1.29, 1.82) is 0 Å². The average molecular weight is 291 g/mol. The molecule has 2 heterocycles. The van der Waals surface area contributed by atoms with Crippen LogP contribution in [0.15, 0.2) is 52.9 Å². The lowest BCUT2D eigenvalue weighted by molar-refractivity contribution is 0.381. The fraction of sp³-hybridized carbons (Fsp3) is 0.105. The maximum Gasteiger partial charge on any atom is 0.278 e. The van der Waals surface area contributed by atoms with E-state index in [9.17, 15) is 4.39 Å². The highest BCUT2D eigenvalue weighted by molar-refractivity contribution is 6.08. The Bertz CT molecular complexity index is 996. The maximum atomic E-state index is 13.7. The third-order valence-corrected chi connectivity index (χ3v) is 3.84. The Morgan fingerprint density at radius 3 is 2.41 bits per heavy atom. The molecule has 0 amide bonds. The summed E-state index contributed by atoms with van der Waals surface area (Å²) in [5.74, 6) is 0. The number of para-hydroxylation sites is 1. The van der Waals surface area contributed by atoms with Crippen LogP contribution in [0.1, 0.15) is 11.1 Å². The molecule has 4 rings (SSSR count). The average Bonchev–Trinajstić information content (AvgIpc) is 2.87. The van der Waals surface area contributed by atoms with Crippen molar-refractivity contribution >= 4 is 21.9 Å². The highest BCUT2D eigenvalue weighted by Crippen LogP contribution is 2.34. The molecule has 2 aromatic heterocycles. The van der Waals surface area contributed by atoms with Gasteiger partial charge in [0.05, 0.1) is 5.52 Å². The summed E-state index contributed by atoms with van der Waals surface area (Å²) in [7, 11) is 0. The van der Waals surface area contributed by atoms with Crippen LogP contribution in [-0.4, -0.2) is 4.98 Å². The molecule has 0 fully saturated rings. The van der Waals surface area contributed by atoms with Gasteiger partial charge in [0.15, 0.2) is 5.58 Å². The highest BCUT2D eigenvalue weighted by Gasteiger charge is 2.15. The molecule has 0 aliphatic rings. The van der Waals surface area contributed by atoms with Crippen molar-refractivity contribution in [2.75, 3.05) is 0 Å². The molecule has 0 atom stereocenters. The van der Waals surface area contributed by atoms with Crippen molar-refractivity contribution in [2.24, 2.45) is 0 Å². The Morgan fingerprint density at radius 1 is 0.909 bits per heavy atom. The summed E-state index contributed by atoms with van der Waals surface area (Å²) in [4.78, 5) is 4.71. The zero-order valence-electron chi connectivity index (χ0n) is 12.4. The van der Waals surface area contributed by atoms with E-state index in [0.29, 0.717) is 11.3 Å². The van der Waals surface area contributed by atoms with E-state index < -0.39 is 6.01 Å². The van der Waals surface area contributed by atoms with E-state index in [1.807, 2.05) is 50.2 Å². The first kappa shape index (κ1) is 13.0. The molecule has 0 bridgehead atoms. The number of furan rings is 1. The Labute approximate surface area is 127 Å². The van der Waals surface area contributed by atoms with E-state index in [0.717, 1.165) is 33.0 Å². The largest absolute Gasteiger partial charge is 0.429 e. The summed E-state index contributed by atoms with van der Waals surface area (Å²) < 4.78 is 19.0. The number of rotatable bonds is 1. The maximum absolute atomic E-state index is 13.7. The molecule has 2 aromatic carbocycles. The topological polar surface area (TPSA) is 26.0 Å². The summed E-state index contributed by atoms with van der Waals surface area (Å²) in [5, 5.41) is 1.66. The quantitative estimate of drug-likeness (QED) is 0.469. The van der Waals surface area contributed by atoms with Crippen LogP contribution in [0.5, 0.6) is 0 Å². The van der Waals surface area contributed by atoms with Gasteiger partial charge >= 0.3 is 0 Å². The number of nitrogens with zero attached hydrogens (tertiary/aromatic N) is 1. The van der Waals surface area contributed by atoms with E-state index in [1.54, 1.807) is 0 Å². The molecule has 0 N–H and O–H groups in total. The minimum absolute atomic E-state index is 0.501. The standard InChI is InChI=1S/C19H14FNO/c1-11-7-12(2)9-13(8-11)18-19-15(10-17(20)22-19)14-5-3-4-6-16(14)21-18/h3-10H,1-2H3. The van der Waals surface area contributed by atoms with Gasteiger partial charge in [0, 0.05) is 22.4 Å². The van der Waals surface area contributed by atoms with Gasteiger partial charge in [-0.2, -0.15) is 4.39 Å². The number of halogens is 1. The summed E-state index contributed by atoms with van der Waals surface area (Å²) in [6.07, 6.45) is 0. The van der Waals surface area contributed by atoms with E-state index >= 15 is 0 Å². The van der Waals surface area contributed by atoms with Crippen LogP contribution in [-0.2, 0) is 0 Å². The first-order valence-corrected chi connectivity index (χ1v) is 7.18. The van der Waals surface area contributed by atoms with Gasteiger partial charge in [0.2, 0.25) is 0 Å². The number of hydrogen-bond acceptors (Lipinski definition) is 2. The smallest absolute Gasteiger partial charge is 0.278 e. The van der Waals surface area contributed by atoms with E-state index in [4.69, 9.17) is 9.40 Å². The van der Waals surface area contributed by atoms with Gasteiger partial charge in [-0.15, -0.1) is 0 Å². The van der Waals surface area contributed by atoms with Crippen molar-refractivity contribution in [3.63, 3.8) is 0 Å². The highest BCUT2D eigenvalue weighted by atomic mass is 19.1. The minimum Gasteiger partial charge on any atom is -0.429 e. The molecule has 0 radical (unpaired) electrons. The predicted molar refractivity (Wildman–Crippen MR) is 86.4 cm³/mol. The number of fused-ring (bicyclic) bond motifs is 3. The summed E-state index contributed by atoms with van der Waals surface area (Å²) >= 11 is 0. The van der Waals surface area contributed by atoms with Gasteiger partial charge in [-0.05, 0) is 32.0 Å². The monoisotopic (exact) mass is 291 g/mol. The molecule has 0 saturated heterocycles. The predicted octanol–water partition coefficient (Wildman–Crippen LogP) is 5.40. The summed E-state index contributed by atoms with van der Waals surface area (Å²) in [5.41, 5.74) is 5.26. The van der Waals surface area contributed by atoms with Crippen LogP contribution in [0.4, 0.5) is 4.39 Å². The zero-order valence-corrected chi connectivity index (χ0v) is 12.4. The molecule has 108 valence electrons. The summed E-state index contributed by atoms with van der Waals surface area (Å²) in [6.45, 7) is 4.08. The number of pyridine rings is 1. The molecule has 2 nitrogen and oxygen atoms in total. The first-order chi connectivity index (χ1) is 10.6. The molecule has 0 unspecified atom stereocenters. The van der Waals surface area contributed by atoms with Gasteiger partial charge in [-0.25, -0.2) is 4.98 Å². The van der Waals surface area contributed by atoms with Crippen LogP contribution in [0.2, 0.25) is 0 Å². The van der Waals surface area contributed by atoms with Crippen molar-refractivity contribution in [1.82, 2.24) is 4.98 Å². The van der Waals surface area contributed by atoms with Crippen molar-refractivity contribution in [3.05, 3.63) is 65.7 Å². The Kier molecular flexibility index (Phi) is 2.76. The molecular weight excluding hydrogens is 277 g/mol. The molecule has 22 heavy (non-hydrogen) atoms. The normalized spacial score (nSPS) is 11.4. The SMILES string of the molecule is Cc1cc(C)cc(-c2nc3ccccc3c3cc(F)oc23)c1. The van der Waals surface area contributed by atoms with Crippen LogP contribution in [0, 0.1) is 19.9 Å². The molecule has 0 aliphatic carbocycles. The van der Waals surface area contributed by atoms with Crippen LogP contribution in [0.3, 0.4) is 0 Å². The molecule has 0 aliphatic heterocycles. The minimum atomic E-state index is -0.584. The second-order valence-corrected chi connectivity index (χ2v) is 5.65. The molecule has 0 saturated carbocycles. The van der Waals surface area contributed by atoms with Crippen LogP contribution < -0.4 is 0 Å². The van der Waals surface area contributed by atoms with E-state index in [1.165, 1.54) is 6.07 Å². The number of benzene rings is 2.